The van der Waals surface area contributed by atoms with Crippen LogP contribution in [0, 0.1) is 6.92 Å². The summed E-state index contributed by atoms with van der Waals surface area (Å²) in [6, 6.07) is 9.00. The summed E-state index contributed by atoms with van der Waals surface area (Å²) in [7, 11) is 0. The Morgan fingerprint density at radius 1 is 1.12 bits per heavy atom. The van der Waals surface area contributed by atoms with Gasteiger partial charge in [-0.2, -0.15) is 10.2 Å². The first-order valence-corrected chi connectivity index (χ1v) is 4.62. The van der Waals surface area contributed by atoms with E-state index in [0.29, 0.717) is 17.0 Å². The second-order valence-corrected chi connectivity index (χ2v) is 3.22. The van der Waals surface area contributed by atoms with Gasteiger partial charge >= 0.3 is 0 Å². The molecule has 0 fully saturated rings. The Balaban J connectivity index is 0.00000225. The molecular formula is C12H13N2OY-. The van der Waals surface area contributed by atoms with E-state index in [1.165, 1.54) is 0 Å². The van der Waals surface area contributed by atoms with E-state index in [9.17, 15) is 4.79 Å². The van der Waals surface area contributed by atoms with Crippen molar-refractivity contribution in [3.63, 3.8) is 0 Å². The number of benzene rings is 1. The van der Waals surface area contributed by atoms with E-state index in [2.05, 4.69) is 17.1 Å². The zero-order valence-electron chi connectivity index (χ0n) is 9.47. The van der Waals surface area contributed by atoms with Crippen LogP contribution >= 0.6 is 0 Å². The molecule has 16 heavy (non-hydrogen) atoms. The minimum absolute atomic E-state index is 0. The number of rotatable bonds is 3. The Hall–Kier alpha value is -0.796. The van der Waals surface area contributed by atoms with Gasteiger partial charge in [0.1, 0.15) is 5.71 Å². The number of nitrogens with zero attached hydrogens (tertiary/aromatic N) is 2. The molecule has 0 atom stereocenters. The van der Waals surface area contributed by atoms with Gasteiger partial charge < -0.3 is 6.92 Å². The van der Waals surface area contributed by atoms with Crippen molar-refractivity contribution >= 4 is 17.2 Å². The van der Waals surface area contributed by atoms with Crippen molar-refractivity contribution in [2.45, 2.75) is 13.8 Å². The van der Waals surface area contributed by atoms with Gasteiger partial charge in [-0.3, -0.25) is 4.79 Å². The van der Waals surface area contributed by atoms with Crippen LogP contribution in [-0.4, -0.2) is 17.2 Å². The normalized spacial score (nSPS) is 11.9. The summed E-state index contributed by atoms with van der Waals surface area (Å²) in [5, 5.41) is 7.54. The zero-order chi connectivity index (χ0) is 11.3. The molecule has 81 valence electrons. The molecule has 0 saturated heterocycles. The van der Waals surface area contributed by atoms with E-state index >= 15 is 0 Å². The quantitative estimate of drug-likeness (QED) is 0.365. The molecule has 1 aromatic rings. The molecular weight excluding hydrogens is 277 g/mol. The molecule has 0 aliphatic rings. The topological polar surface area (TPSA) is 41.8 Å². The number of carbonyl (C=O) groups excluding carboxylic acids is 1. The van der Waals surface area contributed by atoms with Crippen LogP contribution in [0.15, 0.2) is 40.5 Å². The molecule has 1 aromatic carbocycles. The maximum atomic E-state index is 11.7. The summed E-state index contributed by atoms with van der Waals surface area (Å²) in [6.45, 7) is 6.94. The summed E-state index contributed by atoms with van der Waals surface area (Å²) >= 11 is 0. The van der Waals surface area contributed by atoms with Gasteiger partial charge in [0, 0.05) is 38.3 Å². The standard InChI is InChI=1S/C12H13N2O.Y/c1-9(2)13-14-10(3)12(15)11-7-5-4-6-8-11;/h4-8H,1H2,2-3H3;/q-1;/b13-9+,14-10-;. The van der Waals surface area contributed by atoms with Crippen molar-refractivity contribution in [3.05, 3.63) is 42.8 Å². The number of carbonyl (C=O) groups is 1. The first kappa shape index (κ1) is 15.2. The molecule has 0 saturated carbocycles. The van der Waals surface area contributed by atoms with E-state index in [4.69, 9.17) is 0 Å². The number of hydrogen-bond donors (Lipinski definition) is 0. The molecule has 0 aliphatic heterocycles. The zero-order valence-corrected chi connectivity index (χ0v) is 12.3. The smallest absolute Gasteiger partial charge is 0.208 e. The van der Waals surface area contributed by atoms with Crippen molar-refractivity contribution in [1.82, 2.24) is 0 Å². The fourth-order valence-corrected chi connectivity index (χ4v) is 1.00. The van der Waals surface area contributed by atoms with Crippen LogP contribution in [0.4, 0.5) is 0 Å². The third-order valence-electron chi connectivity index (χ3n) is 1.74. The fourth-order valence-electron chi connectivity index (χ4n) is 1.00. The molecule has 0 aliphatic carbocycles. The molecule has 0 N–H and O–H groups in total. The molecule has 0 unspecified atom stereocenters. The molecule has 4 heteroatoms. The summed E-state index contributed by atoms with van der Waals surface area (Å²) < 4.78 is 0. The van der Waals surface area contributed by atoms with Gasteiger partial charge in [0.25, 0.3) is 0 Å². The first-order valence-electron chi connectivity index (χ1n) is 4.62. The van der Waals surface area contributed by atoms with Gasteiger partial charge in [-0.25, -0.2) is 0 Å². The molecule has 1 rings (SSSR count). The molecule has 0 bridgehead atoms. The summed E-state index contributed by atoms with van der Waals surface area (Å²) in [4.78, 5) is 11.7. The van der Waals surface area contributed by atoms with Gasteiger partial charge in [-0.1, -0.05) is 37.3 Å². The van der Waals surface area contributed by atoms with Crippen molar-refractivity contribution < 1.29 is 37.5 Å². The van der Waals surface area contributed by atoms with Crippen LogP contribution in [0.1, 0.15) is 24.2 Å². The number of Topliss-reactive ketones (excluding diaryl/α,β-unsaturated/α-hetero) is 1. The van der Waals surface area contributed by atoms with E-state index < -0.39 is 0 Å². The first-order chi connectivity index (χ1) is 7.11. The Bertz CT molecular complexity index is 406. The summed E-state index contributed by atoms with van der Waals surface area (Å²) in [6.07, 6.45) is 0. The van der Waals surface area contributed by atoms with Crippen LogP contribution in [0.3, 0.4) is 0 Å². The summed E-state index contributed by atoms with van der Waals surface area (Å²) in [5.74, 6) is -0.111. The van der Waals surface area contributed by atoms with Crippen molar-refractivity contribution in [1.29, 1.82) is 0 Å². The third kappa shape index (κ3) is 4.82. The minimum atomic E-state index is -0.111. The molecule has 0 amide bonds. The summed E-state index contributed by atoms with van der Waals surface area (Å²) in [5.41, 5.74) is 1.56. The second-order valence-electron chi connectivity index (χ2n) is 3.22. The Morgan fingerprint density at radius 3 is 2.19 bits per heavy atom. The SMILES string of the molecule is [CH2-]/C(C)=N\N=C(\C)C(=O)c1ccccc1.[Y]. The average molecular weight is 290 g/mol. The Labute approximate surface area is 121 Å². The maximum Gasteiger partial charge on any atom is 0.208 e. The van der Waals surface area contributed by atoms with E-state index in [1.807, 2.05) is 18.2 Å². The molecule has 0 aromatic heterocycles. The monoisotopic (exact) mass is 290 g/mol. The van der Waals surface area contributed by atoms with Crippen LogP contribution in [0.25, 0.3) is 0 Å². The average Bonchev–Trinajstić information content (AvgIpc) is 2.26. The van der Waals surface area contributed by atoms with Gasteiger partial charge in [0.15, 0.2) is 0 Å². The molecule has 3 nitrogen and oxygen atoms in total. The van der Waals surface area contributed by atoms with Crippen molar-refractivity contribution in [2.75, 3.05) is 0 Å². The number of ketones is 1. The van der Waals surface area contributed by atoms with Crippen molar-refractivity contribution in [2.24, 2.45) is 10.2 Å². The second kappa shape index (κ2) is 7.47. The van der Waals surface area contributed by atoms with Crippen LogP contribution in [-0.2, 0) is 32.7 Å². The van der Waals surface area contributed by atoms with Gasteiger partial charge in [0.2, 0.25) is 5.78 Å². The van der Waals surface area contributed by atoms with E-state index in [-0.39, 0.29) is 38.5 Å². The van der Waals surface area contributed by atoms with Crippen molar-refractivity contribution in [3.8, 4) is 0 Å². The predicted molar refractivity (Wildman–Crippen MR) is 62.3 cm³/mol. The van der Waals surface area contributed by atoms with Crippen LogP contribution in [0.5, 0.6) is 0 Å². The number of hydrogen-bond acceptors (Lipinski definition) is 3. The maximum absolute atomic E-state index is 11.7. The van der Waals surface area contributed by atoms with E-state index in [1.54, 1.807) is 26.0 Å². The molecule has 1 radical (unpaired) electrons. The van der Waals surface area contributed by atoms with Gasteiger partial charge in [0.05, 0.1) is 0 Å². The predicted octanol–water partition coefficient (Wildman–Crippen LogP) is 2.54. The Kier molecular flexibility index (Phi) is 7.10. The largest absolute Gasteiger partial charge is 0.359 e. The van der Waals surface area contributed by atoms with E-state index in [0.717, 1.165) is 0 Å². The van der Waals surface area contributed by atoms with Gasteiger partial charge in [-0.15, -0.1) is 5.71 Å². The van der Waals surface area contributed by atoms with Crippen LogP contribution in [0.2, 0.25) is 0 Å². The van der Waals surface area contributed by atoms with Crippen LogP contribution < -0.4 is 0 Å². The van der Waals surface area contributed by atoms with Gasteiger partial charge in [-0.05, 0) is 6.92 Å². The Morgan fingerprint density at radius 2 is 1.69 bits per heavy atom. The molecule has 0 heterocycles. The minimum Gasteiger partial charge on any atom is -0.359 e. The third-order valence-corrected chi connectivity index (χ3v) is 1.74. The fraction of sp³-hybridized carbons (Fsp3) is 0.167. The molecule has 0 spiro atoms.